The summed E-state index contributed by atoms with van der Waals surface area (Å²) in [4.78, 5) is 15.8. The number of hydrogen-bond donors (Lipinski definition) is 0. The summed E-state index contributed by atoms with van der Waals surface area (Å²) in [5, 5.41) is 3.40. The fourth-order valence-corrected chi connectivity index (χ4v) is 2.39. The van der Waals surface area contributed by atoms with E-state index in [1.165, 1.54) is 17.0 Å². The van der Waals surface area contributed by atoms with Crippen LogP contribution in [0.3, 0.4) is 0 Å². The van der Waals surface area contributed by atoms with Crippen molar-refractivity contribution in [2.24, 2.45) is 11.0 Å². The molecular formula is C13H13F3N4O2. The Morgan fingerprint density at radius 3 is 2.82 bits per heavy atom. The van der Waals surface area contributed by atoms with Crippen LogP contribution in [0.4, 0.5) is 18.9 Å². The van der Waals surface area contributed by atoms with Gasteiger partial charge in [0.2, 0.25) is 5.91 Å². The molecule has 9 heteroatoms. The van der Waals surface area contributed by atoms with Gasteiger partial charge in [0.15, 0.2) is 0 Å². The maximum Gasteiger partial charge on any atom is 0.420 e. The second-order valence-corrected chi connectivity index (χ2v) is 4.87. The molecule has 1 aliphatic rings. The van der Waals surface area contributed by atoms with Crippen molar-refractivity contribution >= 4 is 11.6 Å². The van der Waals surface area contributed by atoms with Gasteiger partial charge in [0.25, 0.3) is 0 Å². The number of carbonyl (C=O) groups is 1. The third-order valence-corrected chi connectivity index (χ3v) is 3.41. The van der Waals surface area contributed by atoms with Gasteiger partial charge in [-0.25, -0.2) is 0 Å². The molecule has 0 radical (unpaired) electrons. The fourth-order valence-electron chi connectivity index (χ4n) is 2.39. The van der Waals surface area contributed by atoms with E-state index < -0.39 is 11.7 Å². The zero-order valence-electron chi connectivity index (χ0n) is 11.7. The Hall–Kier alpha value is -2.41. The fraction of sp³-hybridized carbons (Fsp3) is 0.462. The molecule has 0 saturated carbocycles. The van der Waals surface area contributed by atoms with Crippen molar-refractivity contribution in [3.8, 4) is 5.75 Å². The van der Waals surface area contributed by atoms with Crippen LogP contribution in [-0.2, 0) is 11.0 Å². The van der Waals surface area contributed by atoms with Gasteiger partial charge in [-0.15, -0.1) is 0 Å². The van der Waals surface area contributed by atoms with Crippen LogP contribution in [0, 0.1) is 5.92 Å². The quantitative estimate of drug-likeness (QED) is 0.485. The van der Waals surface area contributed by atoms with Gasteiger partial charge >= 0.3 is 6.18 Å². The molecule has 2 rings (SSSR count). The van der Waals surface area contributed by atoms with Gasteiger partial charge in [0, 0.05) is 30.1 Å². The number of ether oxygens (including phenoxy) is 1. The van der Waals surface area contributed by atoms with Crippen LogP contribution in [0.2, 0.25) is 0 Å². The lowest BCUT2D eigenvalue weighted by atomic mass is 10.1. The van der Waals surface area contributed by atoms with Crippen LogP contribution in [0.5, 0.6) is 5.75 Å². The van der Waals surface area contributed by atoms with Crippen molar-refractivity contribution in [3.63, 3.8) is 0 Å². The van der Waals surface area contributed by atoms with E-state index in [2.05, 4.69) is 10.0 Å². The summed E-state index contributed by atoms with van der Waals surface area (Å²) in [6, 6.07) is 3.49. The third kappa shape index (κ3) is 3.25. The standard InChI is InChI=1S/C13H13F3N4O2/c1-22-11-3-2-9(5-10(11)13(14,15)16)20-7-8(4-12(20)21)6-18-19-17/h2-3,5,8H,4,6-7H2,1H3. The normalized spacial score (nSPS) is 18.3. The van der Waals surface area contributed by atoms with Gasteiger partial charge < -0.3 is 9.64 Å². The van der Waals surface area contributed by atoms with E-state index >= 15 is 0 Å². The molecule has 1 heterocycles. The smallest absolute Gasteiger partial charge is 0.420 e. The highest BCUT2D eigenvalue weighted by Gasteiger charge is 2.36. The zero-order valence-corrected chi connectivity index (χ0v) is 11.7. The summed E-state index contributed by atoms with van der Waals surface area (Å²) in [7, 11) is 1.15. The monoisotopic (exact) mass is 314 g/mol. The van der Waals surface area contributed by atoms with E-state index in [0.29, 0.717) is 0 Å². The molecule has 0 N–H and O–H groups in total. The highest BCUT2D eigenvalue weighted by Crippen LogP contribution is 2.39. The third-order valence-electron chi connectivity index (χ3n) is 3.41. The van der Waals surface area contributed by atoms with Gasteiger partial charge in [-0.05, 0) is 29.6 Å². The summed E-state index contributed by atoms with van der Waals surface area (Å²) in [5.74, 6) is -0.787. The molecule has 1 atom stereocenters. The van der Waals surface area contributed by atoms with Crippen LogP contribution in [0.15, 0.2) is 23.3 Å². The Morgan fingerprint density at radius 2 is 2.23 bits per heavy atom. The number of benzene rings is 1. The molecule has 1 aromatic rings. The Bertz CT molecular complexity index is 626. The average molecular weight is 314 g/mol. The molecule has 1 aromatic carbocycles. The molecule has 0 bridgehead atoms. The Morgan fingerprint density at radius 1 is 1.50 bits per heavy atom. The molecular weight excluding hydrogens is 301 g/mol. The van der Waals surface area contributed by atoms with Crippen LogP contribution in [0.1, 0.15) is 12.0 Å². The maximum absolute atomic E-state index is 13.0. The molecule has 22 heavy (non-hydrogen) atoms. The summed E-state index contributed by atoms with van der Waals surface area (Å²) in [6.45, 7) is 0.364. The summed E-state index contributed by atoms with van der Waals surface area (Å²) in [5.41, 5.74) is 7.50. The topological polar surface area (TPSA) is 78.3 Å². The van der Waals surface area contributed by atoms with E-state index in [-0.39, 0.29) is 42.8 Å². The summed E-state index contributed by atoms with van der Waals surface area (Å²) >= 11 is 0. The molecule has 0 aromatic heterocycles. The summed E-state index contributed by atoms with van der Waals surface area (Å²) in [6.07, 6.45) is -4.43. The van der Waals surface area contributed by atoms with Crippen molar-refractivity contribution in [1.82, 2.24) is 0 Å². The first-order chi connectivity index (χ1) is 10.4. The Kier molecular flexibility index (Phi) is 4.46. The molecule has 1 unspecified atom stereocenters. The Balaban J connectivity index is 2.29. The van der Waals surface area contributed by atoms with E-state index in [1.54, 1.807) is 0 Å². The van der Waals surface area contributed by atoms with E-state index in [0.717, 1.165) is 13.2 Å². The SMILES string of the molecule is COc1ccc(N2CC(CN=[N+]=[N-])CC2=O)cc1C(F)(F)F. The highest BCUT2D eigenvalue weighted by atomic mass is 19.4. The number of alkyl halides is 3. The second kappa shape index (κ2) is 6.15. The van der Waals surface area contributed by atoms with Crippen molar-refractivity contribution in [2.75, 3.05) is 25.1 Å². The molecule has 1 fully saturated rings. The van der Waals surface area contributed by atoms with Crippen molar-refractivity contribution < 1.29 is 22.7 Å². The number of carbonyl (C=O) groups excluding carboxylic acids is 1. The van der Waals surface area contributed by atoms with Crippen LogP contribution in [0.25, 0.3) is 10.4 Å². The lowest BCUT2D eigenvalue weighted by molar-refractivity contribution is -0.138. The lowest BCUT2D eigenvalue weighted by Crippen LogP contribution is -2.25. The molecule has 1 saturated heterocycles. The number of halogens is 3. The predicted octanol–water partition coefficient (Wildman–Crippen LogP) is 3.38. The number of anilines is 1. The van der Waals surface area contributed by atoms with Crippen molar-refractivity contribution in [1.29, 1.82) is 0 Å². The average Bonchev–Trinajstić information content (AvgIpc) is 2.84. The van der Waals surface area contributed by atoms with E-state index in [1.807, 2.05) is 0 Å². The highest BCUT2D eigenvalue weighted by molar-refractivity contribution is 5.96. The first-order valence-corrected chi connectivity index (χ1v) is 6.43. The maximum atomic E-state index is 13.0. The van der Waals surface area contributed by atoms with Crippen molar-refractivity contribution in [2.45, 2.75) is 12.6 Å². The zero-order chi connectivity index (χ0) is 16.3. The van der Waals surface area contributed by atoms with Crippen LogP contribution in [-0.4, -0.2) is 26.1 Å². The van der Waals surface area contributed by atoms with Gasteiger partial charge in [0.05, 0.1) is 12.7 Å². The predicted molar refractivity (Wildman–Crippen MR) is 72.5 cm³/mol. The van der Waals surface area contributed by atoms with E-state index in [4.69, 9.17) is 10.3 Å². The van der Waals surface area contributed by atoms with Crippen LogP contribution >= 0.6 is 0 Å². The van der Waals surface area contributed by atoms with E-state index in [9.17, 15) is 18.0 Å². The van der Waals surface area contributed by atoms with Crippen molar-refractivity contribution in [3.05, 3.63) is 34.2 Å². The first-order valence-electron chi connectivity index (χ1n) is 6.43. The number of hydrogen-bond acceptors (Lipinski definition) is 3. The number of nitrogens with zero attached hydrogens (tertiary/aromatic N) is 4. The minimum atomic E-state index is -4.57. The lowest BCUT2D eigenvalue weighted by Gasteiger charge is -2.19. The molecule has 1 aliphatic heterocycles. The number of methoxy groups -OCH3 is 1. The number of azide groups is 1. The second-order valence-electron chi connectivity index (χ2n) is 4.87. The molecule has 118 valence electrons. The summed E-state index contributed by atoms with van der Waals surface area (Å²) < 4.78 is 43.7. The molecule has 6 nitrogen and oxygen atoms in total. The molecule has 1 amide bonds. The van der Waals surface area contributed by atoms with Crippen LogP contribution < -0.4 is 9.64 Å². The largest absolute Gasteiger partial charge is 0.496 e. The number of amides is 1. The minimum absolute atomic E-state index is 0.140. The first kappa shape index (κ1) is 16.0. The van der Waals surface area contributed by atoms with Gasteiger partial charge in [-0.3, -0.25) is 4.79 Å². The van der Waals surface area contributed by atoms with Gasteiger partial charge in [0.1, 0.15) is 5.75 Å². The van der Waals surface area contributed by atoms with Gasteiger partial charge in [-0.2, -0.15) is 13.2 Å². The molecule has 0 aliphatic carbocycles. The van der Waals surface area contributed by atoms with Gasteiger partial charge in [-0.1, -0.05) is 5.11 Å². The Labute approximate surface area is 124 Å². The number of rotatable bonds is 4. The minimum Gasteiger partial charge on any atom is -0.496 e. The molecule has 0 spiro atoms.